The molecule has 1 unspecified atom stereocenters. The van der Waals surface area contributed by atoms with Crippen LogP contribution in [-0.4, -0.2) is 70.2 Å². The lowest BCUT2D eigenvalue weighted by Gasteiger charge is -2.14. The normalized spacial score (nSPS) is 18.1. The predicted molar refractivity (Wildman–Crippen MR) is 99.5 cm³/mol. The molecule has 1 fully saturated rings. The monoisotopic (exact) mass is 389 g/mol. The Balaban J connectivity index is 1.58. The second-order valence-electron chi connectivity index (χ2n) is 6.35. The van der Waals surface area contributed by atoms with Gasteiger partial charge < -0.3 is 10.1 Å². The molecule has 1 atom stereocenters. The van der Waals surface area contributed by atoms with E-state index in [4.69, 9.17) is 4.74 Å². The molecule has 0 amide bonds. The zero-order chi connectivity index (χ0) is 19.0. The Morgan fingerprint density at radius 2 is 2.04 bits per heavy atom. The van der Waals surface area contributed by atoms with Crippen molar-refractivity contribution in [3.8, 4) is 11.4 Å². The third kappa shape index (κ3) is 3.55. The molecule has 0 bridgehead atoms. The third-order valence-corrected chi connectivity index (χ3v) is 5.73. The van der Waals surface area contributed by atoms with Gasteiger partial charge in [0, 0.05) is 19.1 Å². The summed E-state index contributed by atoms with van der Waals surface area (Å²) < 4.78 is 31.6. The number of nitrogens with one attached hydrogen (secondary N) is 1. The summed E-state index contributed by atoms with van der Waals surface area (Å²) in [7, 11) is -1.57. The molecule has 0 spiro atoms. The number of hydrogen-bond acceptors (Lipinski definition) is 8. The lowest BCUT2D eigenvalue weighted by molar-refractivity contribution is 0.414. The molecule has 10 nitrogen and oxygen atoms in total. The first-order valence-corrected chi connectivity index (χ1v) is 10.2. The van der Waals surface area contributed by atoms with Crippen LogP contribution in [0, 0.1) is 0 Å². The molecule has 1 aliphatic heterocycles. The number of aromatic nitrogens is 5. The van der Waals surface area contributed by atoms with Gasteiger partial charge in [-0.3, -0.25) is 0 Å². The Labute approximate surface area is 156 Å². The van der Waals surface area contributed by atoms with Crippen molar-refractivity contribution in [3.63, 3.8) is 0 Å². The summed E-state index contributed by atoms with van der Waals surface area (Å²) in [5.74, 6) is 1.16. The van der Waals surface area contributed by atoms with Crippen molar-refractivity contribution in [2.75, 3.05) is 31.8 Å². The lowest BCUT2D eigenvalue weighted by Crippen LogP contribution is -2.31. The molecule has 1 saturated heterocycles. The number of fused-ring (bicyclic) bond motifs is 1. The molecule has 27 heavy (non-hydrogen) atoms. The number of anilines is 1. The number of hydrogen-bond donors (Lipinski definition) is 1. The summed E-state index contributed by atoms with van der Waals surface area (Å²) in [5.41, 5.74) is 1.93. The Morgan fingerprint density at radius 3 is 2.70 bits per heavy atom. The molecule has 3 aromatic rings. The van der Waals surface area contributed by atoms with E-state index in [1.54, 1.807) is 18.0 Å². The Morgan fingerprint density at radius 1 is 1.26 bits per heavy atom. The van der Waals surface area contributed by atoms with Crippen LogP contribution in [-0.2, 0) is 10.0 Å². The molecule has 4 rings (SSSR count). The van der Waals surface area contributed by atoms with Crippen molar-refractivity contribution in [2.24, 2.45) is 0 Å². The van der Waals surface area contributed by atoms with Crippen LogP contribution in [0.15, 0.2) is 30.5 Å². The fraction of sp³-hybridized carbons (Fsp3) is 0.375. The second kappa shape index (κ2) is 6.74. The molecular weight excluding hydrogens is 370 g/mol. The molecule has 0 saturated carbocycles. The van der Waals surface area contributed by atoms with Gasteiger partial charge in [-0.15, -0.1) is 5.10 Å². The van der Waals surface area contributed by atoms with Crippen molar-refractivity contribution in [2.45, 2.75) is 12.5 Å². The van der Waals surface area contributed by atoms with Gasteiger partial charge in [-0.2, -0.15) is 9.67 Å². The van der Waals surface area contributed by atoms with Crippen LogP contribution >= 0.6 is 0 Å². The quantitative estimate of drug-likeness (QED) is 0.677. The molecule has 142 valence electrons. The molecule has 3 heterocycles. The van der Waals surface area contributed by atoms with E-state index < -0.39 is 10.0 Å². The fourth-order valence-electron chi connectivity index (χ4n) is 3.02. The number of rotatable bonds is 5. The SMILES string of the molecule is COc1ccc(-n2nnc3cnc(NC4CCN(S(C)(=O)=O)C4)nc32)cc1. The Kier molecular flexibility index (Phi) is 4.40. The van der Waals surface area contributed by atoms with Crippen LogP contribution in [0.3, 0.4) is 0 Å². The predicted octanol–water partition coefficient (Wildman–Crippen LogP) is 0.665. The van der Waals surface area contributed by atoms with Crippen molar-refractivity contribution in [1.82, 2.24) is 29.3 Å². The van der Waals surface area contributed by atoms with E-state index in [-0.39, 0.29) is 6.04 Å². The zero-order valence-electron chi connectivity index (χ0n) is 14.9. The average molecular weight is 389 g/mol. The van der Waals surface area contributed by atoms with Crippen LogP contribution in [0.4, 0.5) is 5.95 Å². The van der Waals surface area contributed by atoms with Gasteiger partial charge in [-0.25, -0.2) is 17.7 Å². The van der Waals surface area contributed by atoms with Gasteiger partial charge in [0.1, 0.15) is 5.75 Å². The molecule has 1 N–H and O–H groups in total. The van der Waals surface area contributed by atoms with Crippen LogP contribution < -0.4 is 10.1 Å². The third-order valence-electron chi connectivity index (χ3n) is 4.46. The summed E-state index contributed by atoms with van der Waals surface area (Å²) in [6.07, 6.45) is 3.52. The maximum absolute atomic E-state index is 11.7. The highest BCUT2D eigenvalue weighted by Crippen LogP contribution is 2.20. The topological polar surface area (TPSA) is 115 Å². The summed E-state index contributed by atoms with van der Waals surface area (Å²) in [5, 5.41) is 11.4. The number of sulfonamides is 1. The molecule has 1 aliphatic rings. The van der Waals surface area contributed by atoms with E-state index in [1.165, 1.54) is 10.6 Å². The highest BCUT2D eigenvalue weighted by atomic mass is 32.2. The molecular formula is C16H19N7O3S. The molecule has 0 aliphatic carbocycles. The van der Waals surface area contributed by atoms with Gasteiger partial charge in [0.15, 0.2) is 11.2 Å². The van der Waals surface area contributed by atoms with Gasteiger partial charge in [0.2, 0.25) is 16.0 Å². The summed E-state index contributed by atoms with van der Waals surface area (Å²) in [6.45, 7) is 0.889. The summed E-state index contributed by atoms with van der Waals surface area (Å²) in [4.78, 5) is 8.79. The van der Waals surface area contributed by atoms with Gasteiger partial charge in [0.25, 0.3) is 0 Å². The van der Waals surface area contributed by atoms with E-state index in [0.717, 1.165) is 11.4 Å². The van der Waals surface area contributed by atoms with E-state index in [1.807, 2.05) is 24.3 Å². The Bertz CT molecular complexity index is 1070. The second-order valence-corrected chi connectivity index (χ2v) is 8.34. The standard InChI is InChI=1S/C16H19N7O3S/c1-26-13-5-3-12(4-6-13)23-15-14(20-21-23)9-17-16(19-15)18-11-7-8-22(10-11)27(2,24)25/h3-6,9,11H,7-8,10H2,1-2H3,(H,17,18,19). The van der Waals surface area contributed by atoms with Gasteiger partial charge in [0.05, 0.1) is 25.2 Å². The van der Waals surface area contributed by atoms with Gasteiger partial charge in [-0.1, -0.05) is 5.21 Å². The van der Waals surface area contributed by atoms with E-state index in [0.29, 0.717) is 36.6 Å². The van der Waals surface area contributed by atoms with Crippen LogP contribution in [0.1, 0.15) is 6.42 Å². The largest absolute Gasteiger partial charge is 0.497 e. The molecule has 1 aromatic carbocycles. The minimum atomic E-state index is -3.18. The van der Waals surface area contributed by atoms with E-state index >= 15 is 0 Å². The number of ether oxygens (including phenoxy) is 1. The van der Waals surface area contributed by atoms with Crippen LogP contribution in [0.25, 0.3) is 16.9 Å². The number of benzene rings is 1. The minimum absolute atomic E-state index is 0.0394. The Hall–Kier alpha value is -2.79. The fourth-order valence-corrected chi connectivity index (χ4v) is 3.91. The van der Waals surface area contributed by atoms with Crippen molar-refractivity contribution in [3.05, 3.63) is 30.5 Å². The highest BCUT2D eigenvalue weighted by Gasteiger charge is 2.29. The maximum atomic E-state index is 11.7. The van der Waals surface area contributed by atoms with Crippen molar-refractivity contribution < 1.29 is 13.2 Å². The van der Waals surface area contributed by atoms with E-state index in [2.05, 4.69) is 25.6 Å². The van der Waals surface area contributed by atoms with Crippen molar-refractivity contribution >= 4 is 27.1 Å². The van der Waals surface area contributed by atoms with Crippen LogP contribution in [0.2, 0.25) is 0 Å². The average Bonchev–Trinajstić information content (AvgIpc) is 3.28. The lowest BCUT2D eigenvalue weighted by atomic mass is 10.3. The van der Waals surface area contributed by atoms with Gasteiger partial charge >= 0.3 is 0 Å². The van der Waals surface area contributed by atoms with E-state index in [9.17, 15) is 8.42 Å². The molecule has 0 radical (unpaired) electrons. The first kappa shape index (κ1) is 17.6. The van der Waals surface area contributed by atoms with Crippen molar-refractivity contribution in [1.29, 1.82) is 0 Å². The highest BCUT2D eigenvalue weighted by molar-refractivity contribution is 7.88. The number of methoxy groups -OCH3 is 1. The van der Waals surface area contributed by atoms with Gasteiger partial charge in [-0.05, 0) is 30.7 Å². The number of nitrogens with zero attached hydrogens (tertiary/aromatic N) is 6. The smallest absolute Gasteiger partial charge is 0.225 e. The molecule has 2 aromatic heterocycles. The maximum Gasteiger partial charge on any atom is 0.225 e. The first-order chi connectivity index (χ1) is 12.9. The summed E-state index contributed by atoms with van der Waals surface area (Å²) >= 11 is 0. The summed E-state index contributed by atoms with van der Waals surface area (Å²) in [6, 6.07) is 7.36. The zero-order valence-corrected chi connectivity index (χ0v) is 15.7. The minimum Gasteiger partial charge on any atom is -0.497 e. The molecule has 11 heteroatoms. The van der Waals surface area contributed by atoms with Crippen LogP contribution in [0.5, 0.6) is 5.75 Å². The first-order valence-electron chi connectivity index (χ1n) is 8.38.